The van der Waals surface area contributed by atoms with E-state index in [-0.39, 0.29) is 46.4 Å². The van der Waals surface area contributed by atoms with Gasteiger partial charge in [0.1, 0.15) is 10.6 Å². The van der Waals surface area contributed by atoms with Crippen LogP contribution in [0.2, 0.25) is 5.02 Å². The Kier molecular flexibility index (Phi) is 6.45. The number of fused-ring (bicyclic) bond motifs is 1. The van der Waals surface area contributed by atoms with Gasteiger partial charge in [0.2, 0.25) is 11.8 Å². The molecule has 10 heteroatoms. The van der Waals surface area contributed by atoms with Crippen LogP contribution < -0.4 is 9.46 Å². The fourth-order valence-electron chi connectivity index (χ4n) is 4.44. The van der Waals surface area contributed by atoms with Crippen molar-refractivity contribution < 1.29 is 27.5 Å². The highest BCUT2D eigenvalue weighted by Gasteiger charge is 2.47. The van der Waals surface area contributed by atoms with E-state index in [0.717, 1.165) is 12.8 Å². The Hall–Kier alpha value is -2.91. The largest absolute Gasteiger partial charge is 0.495 e. The highest BCUT2D eigenvalue weighted by Crippen LogP contribution is 2.39. The van der Waals surface area contributed by atoms with Crippen LogP contribution in [0, 0.1) is 11.8 Å². The molecule has 0 spiro atoms. The molecule has 1 saturated heterocycles. The number of hydrogen-bond acceptors (Lipinski definition) is 6. The molecule has 1 saturated carbocycles. The maximum Gasteiger partial charge on any atom is 0.268 e. The van der Waals surface area contributed by atoms with Crippen molar-refractivity contribution in [1.29, 1.82) is 0 Å². The van der Waals surface area contributed by atoms with Crippen LogP contribution in [-0.4, -0.2) is 38.1 Å². The number of methoxy groups -OCH3 is 1. The number of carbonyl (C=O) groups is 3. The molecule has 33 heavy (non-hydrogen) atoms. The smallest absolute Gasteiger partial charge is 0.268 e. The fourth-order valence-corrected chi connectivity index (χ4v) is 5.76. The lowest BCUT2D eigenvalue weighted by atomic mass is 9.81. The van der Waals surface area contributed by atoms with Gasteiger partial charge in [-0.1, -0.05) is 30.5 Å². The van der Waals surface area contributed by atoms with Crippen LogP contribution in [0.3, 0.4) is 0 Å². The Bertz CT molecular complexity index is 1190. The first-order valence-electron chi connectivity index (χ1n) is 10.6. The number of sulfonamides is 1. The zero-order valence-corrected chi connectivity index (χ0v) is 19.5. The topological polar surface area (TPSA) is 110 Å². The highest BCUT2D eigenvalue weighted by atomic mass is 35.5. The Morgan fingerprint density at radius 3 is 2.24 bits per heavy atom. The number of likely N-dealkylation sites (tertiary alicyclic amines) is 1. The summed E-state index contributed by atoms with van der Waals surface area (Å²) in [6, 6.07) is 10.1. The van der Waals surface area contributed by atoms with E-state index in [1.807, 2.05) is 4.72 Å². The van der Waals surface area contributed by atoms with Gasteiger partial charge in [0.05, 0.1) is 25.5 Å². The predicted octanol–water partition coefficient (Wildman–Crippen LogP) is 3.14. The lowest BCUT2D eigenvalue weighted by Crippen LogP contribution is -2.32. The van der Waals surface area contributed by atoms with Gasteiger partial charge in [-0.05, 0) is 54.8 Å². The second-order valence-electron chi connectivity index (χ2n) is 8.19. The summed E-state index contributed by atoms with van der Waals surface area (Å²) < 4.78 is 33.2. The SMILES string of the molecule is COc1ccc(CN2C(=O)C3CCCCC3C2=O)cc1S(=O)(=O)NC(=O)c1ccc(Cl)cc1. The van der Waals surface area contributed by atoms with E-state index in [4.69, 9.17) is 16.3 Å². The van der Waals surface area contributed by atoms with Gasteiger partial charge in [0.15, 0.2) is 0 Å². The summed E-state index contributed by atoms with van der Waals surface area (Å²) in [5.74, 6) is -1.78. The number of halogens is 1. The quantitative estimate of drug-likeness (QED) is 0.623. The zero-order valence-electron chi connectivity index (χ0n) is 17.9. The zero-order chi connectivity index (χ0) is 23.8. The van der Waals surface area contributed by atoms with E-state index >= 15 is 0 Å². The monoisotopic (exact) mass is 490 g/mol. The summed E-state index contributed by atoms with van der Waals surface area (Å²) in [4.78, 5) is 39.0. The second kappa shape index (κ2) is 9.15. The number of amides is 3. The molecule has 8 nitrogen and oxygen atoms in total. The van der Waals surface area contributed by atoms with Crippen molar-refractivity contribution in [1.82, 2.24) is 9.62 Å². The van der Waals surface area contributed by atoms with Crippen molar-refractivity contribution in [2.45, 2.75) is 37.1 Å². The van der Waals surface area contributed by atoms with Gasteiger partial charge in [0, 0.05) is 10.6 Å². The van der Waals surface area contributed by atoms with Gasteiger partial charge in [-0.15, -0.1) is 0 Å². The molecule has 1 aliphatic carbocycles. The average molecular weight is 491 g/mol. The summed E-state index contributed by atoms with van der Waals surface area (Å²) in [5, 5.41) is 0.412. The molecule has 2 atom stereocenters. The first kappa shape index (κ1) is 23.3. The summed E-state index contributed by atoms with van der Waals surface area (Å²) in [6.45, 7) is -0.0394. The Balaban J connectivity index is 1.59. The van der Waals surface area contributed by atoms with Crippen LogP contribution in [0.25, 0.3) is 0 Å². The van der Waals surface area contributed by atoms with Crippen molar-refractivity contribution in [2.24, 2.45) is 11.8 Å². The summed E-state index contributed by atoms with van der Waals surface area (Å²) in [6.07, 6.45) is 3.24. The number of nitrogens with one attached hydrogen (secondary N) is 1. The standard InChI is InChI=1S/C23H23ClN2O6S/c1-32-19-11-6-14(13-26-22(28)17-4-2-3-5-18(17)23(26)29)12-20(19)33(30,31)25-21(27)15-7-9-16(24)10-8-15/h6-12,17-18H,2-5,13H2,1H3,(H,25,27). The van der Waals surface area contributed by atoms with Gasteiger partial charge >= 0.3 is 0 Å². The number of rotatable bonds is 6. The fraction of sp³-hybridized carbons (Fsp3) is 0.348. The van der Waals surface area contributed by atoms with Crippen molar-refractivity contribution in [3.05, 3.63) is 58.6 Å². The molecule has 2 fully saturated rings. The summed E-state index contributed by atoms with van der Waals surface area (Å²) >= 11 is 5.81. The number of ether oxygens (including phenoxy) is 1. The van der Waals surface area contributed by atoms with E-state index in [9.17, 15) is 22.8 Å². The average Bonchev–Trinajstić information content (AvgIpc) is 3.04. The molecule has 2 aliphatic rings. The summed E-state index contributed by atoms with van der Waals surface area (Å²) in [5.41, 5.74) is 0.560. The Morgan fingerprint density at radius 1 is 1.06 bits per heavy atom. The molecule has 3 amide bonds. The van der Waals surface area contributed by atoms with Crippen molar-refractivity contribution >= 4 is 39.3 Å². The van der Waals surface area contributed by atoms with Crippen molar-refractivity contribution in [2.75, 3.05) is 7.11 Å². The molecule has 0 radical (unpaired) electrons. The molecule has 0 bridgehead atoms. The Morgan fingerprint density at radius 2 is 1.67 bits per heavy atom. The van der Waals surface area contributed by atoms with Crippen LogP contribution in [-0.2, 0) is 26.2 Å². The second-order valence-corrected chi connectivity index (χ2v) is 10.3. The van der Waals surface area contributed by atoms with Crippen molar-refractivity contribution in [3.63, 3.8) is 0 Å². The molecule has 1 heterocycles. The van der Waals surface area contributed by atoms with Gasteiger partial charge in [-0.2, -0.15) is 0 Å². The third-order valence-electron chi connectivity index (χ3n) is 6.12. The van der Waals surface area contributed by atoms with Gasteiger partial charge in [-0.3, -0.25) is 19.3 Å². The minimum absolute atomic E-state index is 0.0305. The van der Waals surface area contributed by atoms with Crippen molar-refractivity contribution in [3.8, 4) is 5.75 Å². The molecular formula is C23H23ClN2O6S. The lowest BCUT2D eigenvalue weighted by Gasteiger charge is -2.19. The maximum atomic E-state index is 13.0. The third kappa shape index (κ3) is 4.60. The minimum atomic E-state index is -4.31. The highest BCUT2D eigenvalue weighted by molar-refractivity contribution is 7.90. The van der Waals surface area contributed by atoms with E-state index in [1.54, 1.807) is 6.07 Å². The molecule has 2 aromatic rings. The first-order chi connectivity index (χ1) is 15.7. The number of hydrogen-bond donors (Lipinski definition) is 1. The summed E-state index contributed by atoms with van der Waals surface area (Å²) in [7, 11) is -3.00. The molecule has 1 N–H and O–H groups in total. The molecule has 174 valence electrons. The van der Waals surface area contributed by atoms with Gasteiger partial charge < -0.3 is 4.74 Å². The number of carbonyl (C=O) groups excluding carboxylic acids is 3. The molecule has 1 aliphatic heterocycles. The first-order valence-corrected chi connectivity index (χ1v) is 12.4. The van der Waals surface area contributed by atoms with E-state index in [2.05, 4.69) is 0 Å². The number of nitrogens with zero attached hydrogens (tertiary/aromatic N) is 1. The molecular weight excluding hydrogens is 468 g/mol. The molecule has 2 aromatic carbocycles. The van der Waals surface area contributed by atoms with E-state index in [0.29, 0.717) is 23.4 Å². The van der Waals surface area contributed by atoms with E-state index in [1.165, 1.54) is 48.4 Å². The Labute approximate surface area is 196 Å². The molecule has 4 rings (SSSR count). The third-order valence-corrected chi connectivity index (χ3v) is 7.73. The van der Waals surface area contributed by atoms with Crippen LogP contribution in [0.5, 0.6) is 5.75 Å². The lowest BCUT2D eigenvalue weighted by molar-refractivity contribution is -0.140. The van der Waals surface area contributed by atoms with Gasteiger partial charge in [0.25, 0.3) is 15.9 Å². The van der Waals surface area contributed by atoms with Gasteiger partial charge in [-0.25, -0.2) is 13.1 Å². The maximum absolute atomic E-state index is 13.0. The minimum Gasteiger partial charge on any atom is -0.495 e. The number of benzene rings is 2. The number of imide groups is 1. The molecule has 2 unspecified atom stereocenters. The van der Waals surface area contributed by atoms with Crippen LogP contribution >= 0.6 is 11.6 Å². The van der Waals surface area contributed by atoms with Crippen LogP contribution in [0.15, 0.2) is 47.4 Å². The normalized spacial score (nSPS) is 20.5. The van der Waals surface area contributed by atoms with Crippen LogP contribution in [0.4, 0.5) is 0 Å². The molecule has 0 aromatic heterocycles. The predicted molar refractivity (Wildman–Crippen MR) is 120 cm³/mol. The van der Waals surface area contributed by atoms with Crippen LogP contribution in [0.1, 0.15) is 41.6 Å². The van der Waals surface area contributed by atoms with E-state index < -0.39 is 15.9 Å².